The van der Waals surface area contributed by atoms with Crippen LogP contribution in [0.4, 0.5) is 11.5 Å². The highest BCUT2D eigenvalue weighted by molar-refractivity contribution is 6.07. The number of amides is 1. The second kappa shape index (κ2) is 11.0. The summed E-state index contributed by atoms with van der Waals surface area (Å²) in [5.41, 5.74) is 9.58. The second-order valence-corrected chi connectivity index (χ2v) is 9.69. The Labute approximate surface area is 227 Å². The van der Waals surface area contributed by atoms with Gasteiger partial charge >= 0.3 is 5.97 Å². The molecule has 0 saturated heterocycles. The maximum absolute atomic E-state index is 12.6. The van der Waals surface area contributed by atoms with E-state index in [-0.39, 0.29) is 12.5 Å². The SMILES string of the molecule is CON=C1CC(C)(COc2cccc(NC(=O)c3ccc(N)nc3)c2)Oc2c(C)c(C)c(OC(C)=O)c(C)c21. The van der Waals surface area contributed by atoms with Crippen LogP contribution in [0, 0.1) is 20.8 Å². The van der Waals surface area contributed by atoms with Crippen molar-refractivity contribution in [2.24, 2.45) is 5.16 Å². The first-order valence-corrected chi connectivity index (χ1v) is 12.4. The van der Waals surface area contributed by atoms with Gasteiger partial charge in [0, 0.05) is 42.4 Å². The number of anilines is 2. The number of nitrogen functional groups attached to an aromatic ring is 1. The summed E-state index contributed by atoms with van der Waals surface area (Å²) in [5.74, 6) is 1.33. The topological polar surface area (TPSA) is 134 Å². The third kappa shape index (κ3) is 5.95. The number of hydrogen-bond donors (Lipinski definition) is 2. The Morgan fingerprint density at radius 1 is 1.15 bits per heavy atom. The van der Waals surface area contributed by atoms with Gasteiger partial charge in [0.15, 0.2) is 0 Å². The summed E-state index contributed by atoms with van der Waals surface area (Å²) in [6.45, 7) is 9.18. The highest BCUT2D eigenvalue weighted by Crippen LogP contribution is 2.44. The molecule has 1 amide bonds. The van der Waals surface area contributed by atoms with Crippen molar-refractivity contribution in [3.8, 4) is 17.2 Å². The molecule has 3 aromatic rings. The molecule has 0 bridgehead atoms. The molecule has 39 heavy (non-hydrogen) atoms. The van der Waals surface area contributed by atoms with E-state index in [9.17, 15) is 9.59 Å². The van der Waals surface area contributed by atoms with E-state index in [0.717, 1.165) is 22.3 Å². The maximum Gasteiger partial charge on any atom is 0.308 e. The lowest BCUT2D eigenvalue weighted by Crippen LogP contribution is -2.45. The van der Waals surface area contributed by atoms with Gasteiger partial charge in [-0.1, -0.05) is 11.2 Å². The number of nitrogens with zero attached hydrogens (tertiary/aromatic N) is 2. The number of fused-ring (bicyclic) bond motifs is 1. The van der Waals surface area contributed by atoms with Crippen LogP contribution in [0.2, 0.25) is 0 Å². The minimum absolute atomic E-state index is 0.192. The zero-order valence-electron chi connectivity index (χ0n) is 22.9. The summed E-state index contributed by atoms with van der Waals surface area (Å²) >= 11 is 0. The second-order valence-electron chi connectivity index (χ2n) is 9.69. The molecule has 1 aliphatic heterocycles. The first-order chi connectivity index (χ1) is 18.5. The van der Waals surface area contributed by atoms with Crippen LogP contribution >= 0.6 is 0 Å². The van der Waals surface area contributed by atoms with Gasteiger partial charge in [-0.2, -0.15) is 0 Å². The fraction of sp³-hybridized carbons (Fsp3) is 0.310. The van der Waals surface area contributed by atoms with Gasteiger partial charge in [-0.3, -0.25) is 9.59 Å². The van der Waals surface area contributed by atoms with Crippen molar-refractivity contribution in [3.63, 3.8) is 0 Å². The van der Waals surface area contributed by atoms with E-state index in [1.165, 1.54) is 20.2 Å². The molecule has 1 atom stereocenters. The number of pyridine rings is 1. The molecule has 2 heterocycles. The predicted molar refractivity (Wildman–Crippen MR) is 148 cm³/mol. The molecule has 0 fully saturated rings. The molecule has 1 unspecified atom stereocenters. The summed E-state index contributed by atoms with van der Waals surface area (Å²) in [5, 5.41) is 7.13. The molecule has 2 aromatic carbocycles. The van der Waals surface area contributed by atoms with Crippen molar-refractivity contribution < 1.29 is 28.6 Å². The van der Waals surface area contributed by atoms with E-state index >= 15 is 0 Å². The predicted octanol–water partition coefficient (Wildman–Crippen LogP) is 4.74. The first-order valence-electron chi connectivity index (χ1n) is 12.4. The Balaban J connectivity index is 1.56. The van der Waals surface area contributed by atoms with Gasteiger partial charge in [-0.15, -0.1) is 0 Å². The van der Waals surface area contributed by atoms with Crippen LogP contribution < -0.4 is 25.3 Å². The number of rotatable bonds is 7. The summed E-state index contributed by atoms with van der Waals surface area (Å²) in [4.78, 5) is 33.4. The van der Waals surface area contributed by atoms with E-state index in [2.05, 4.69) is 15.5 Å². The molecule has 0 aliphatic carbocycles. The minimum atomic E-state index is -0.786. The molecule has 0 saturated carbocycles. The van der Waals surface area contributed by atoms with E-state index < -0.39 is 11.6 Å². The lowest BCUT2D eigenvalue weighted by Gasteiger charge is -2.38. The van der Waals surface area contributed by atoms with Crippen LogP contribution in [-0.4, -0.2) is 41.9 Å². The number of carbonyl (C=O) groups excluding carboxylic acids is 2. The van der Waals surface area contributed by atoms with Crippen LogP contribution in [-0.2, 0) is 9.63 Å². The largest absolute Gasteiger partial charge is 0.489 e. The number of oxime groups is 1. The number of benzene rings is 2. The van der Waals surface area contributed by atoms with Crippen molar-refractivity contribution in [1.82, 2.24) is 4.98 Å². The van der Waals surface area contributed by atoms with Crippen LogP contribution in [0.5, 0.6) is 17.2 Å². The van der Waals surface area contributed by atoms with Crippen LogP contribution in [0.3, 0.4) is 0 Å². The summed E-state index contributed by atoms with van der Waals surface area (Å²) in [6, 6.07) is 10.3. The first kappa shape index (κ1) is 27.4. The van der Waals surface area contributed by atoms with Crippen molar-refractivity contribution in [2.45, 2.75) is 46.6 Å². The van der Waals surface area contributed by atoms with Crippen molar-refractivity contribution in [2.75, 3.05) is 24.8 Å². The van der Waals surface area contributed by atoms with Gasteiger partial charge in [-0.05, 0) is 63.1 Å². The minimum Gasteiger partial charge on any atom is -0.489 e. The summed E-state index contributed by atoms with van der Waals surface area (Å²) in [6.07, 6.45) is 1.81. The quantitative estimate of drug-likeness (QED) is 0.253. The number of hydrogen-bond acceptors (Lipinski definition) is 9. The molecular formula is C29H32N4O6. The molecule has 10 nitrogen and oxygen atoms in total. The van der Waals surface area contributed by atoms with E-state index in [4.69, 9.17) is 24.8 Å². The van der Waals surface area contributed by atoms with Crippen LogP contribution in [0.15, 0.2) is 47.8 Å². The lowest BCUT2D eigenvalue weighted by molar-refractivity contribution is -0.132. The highest BCUT2D eigenvalue weighted by Gasteiger charge is 2.40. The molecule has 1 aromatic heterocycles. The van der Waals surface area contributed by atoms with Gasteiger partial charge in [0.25, 0.3) is 5.91 Å². The van der Waals surface area contributed by atoms with Gasteiger partial charge in [0.1, 0.15) is 42.4 Å². The summed E-state index contributed by atoms with van der Waals surface area (Å²) in [7, 11) is 1.49. The molecule has 204 valence electrons. The van der Waals surface area contributed by atoms with E-state index in [0.29, 0.717) is 46.4 Å². The molecule has 1 aliphatic rings. The Bertz CT molecular complexity index is 1450. The van der Waals surface area contributed by atoms with Crippen LogP contribution in [0.25, 0.3) is 0 Å². The smallest absolute Gasteiger partial charge is 0.308 e. The standard InChI is InChI=1S/C29H32N4O6/c1-16-17(2)27-25(18(3)26(16)38-19(4)34)23(33-36-6)13-29(5,39-27)15-37-22-9-7-8-21(12-22)32-28(35)20-10-11-24(30)31-14-20/h7-12,14H,13,15H2,1-6H3,(H2,30,31)(H,32,35). The maximum atomic E-state index is 12.6. The Morgan fingerprint density at radius 3 is 2.59 bits per heavy atom. The third-order valence-corrected chi connectivity index (χ3v) is 6.50. The van der Waals surface area contributed by atoms with Crippen molar-refractivity contribution in [1.29, 1.82) is 0 Å². The van der Waals surface area contributed by atoms with E-state index in [1.807, 2.05) is 27.7 Å². The molecule has 3 N–H and O–H groups in total. The van der Waals surface area contributed by atoms with Gasteiger partial charge in [0.2, 0.25) is 0 Å². The van der Waals surface area contributed by atoms with Crippen molar-refractivity contribution >= 4 is 29.1 Å². The van der Waals surface area contributed by atoms with Gasteiger partial charge in [0.05, 0.1) is 11.3 Å². The Morgan fingerprint density at radius 2 is 1.92 bits per heavy atom. The van der Waals surface area contributed by atoms with Crippen molar-refractivity contribution in [3.05, 3.63) is 70.4 Å². The normalized spacial score (nSPS) is 17.1. The fourth-order valence-corrected chi connectivity index (χ4v) is 4.50. The monoisotopic (exact) mass is 532 g/mol. The molecule has 4 rings (SSSR count). The number of nitrogens with two attached hydrogens (primary N) is 1. The number of carbonyl (C=O) groups is 2. The average Bonchev–Trinajstić information content (AvgIpc) is 2.89. The Hall–Kier alpha value is -4.60. The molecule has 0 spiro atoms. The van der Waals surface area contributed by atoms with E-state index in [1.54, 1.807) is 36.4 Å². The molecule has 10 heteroatoms. The fourth-order valence-electron chi connectivity index (χ4n) is 4.50. The number of nitrogens with one attached hydrogen (secondary N) is 1. The van der Waals surface area contributed by atoms with Gasteiger partial charge in [-0.25, -0.2) is 4.98 Å². The molecular weight excluding hydrogens is 500 g/mol. The highest BCUT2D eigenvalue weighted by atomic mass is 16.6. The number of esters is 1. The zero-order chi connectivity index (χ0) is 28.3. The molecule has 0 radical (unpaired) electrons. The lowest BCUT2D eigenvalue weighted by atomic mass is 9.86. The number of ether oxygens (including phenoxy) is 3. The number of aromatic nitrogens is 1. The van der Waals surface area contributed by atoms with Gasteiger partial charge < -0.3 is 30.1 Å². The third-order valence-electron chi connectivity index (χ3n) is 6.50. The Kier molecular flexibility index (Phi) is 7.75. The zero-order valence-corrected chi connectivity index (χ0v) is 22.9. The summed E-state index contributed by atoms with van der Waals surface area (Å²) < 4.78 is 18.2. The average molecular weight is 533 g/mol. The van der Waals surface area contributed by atoms with Crippen LogP contribution in [0.1, 0.15) is 52.9 Å².